The van der Waals surface area contributed by atoms with Gasteiger partial charge in [0.25, 0.3) is 0 Å². The van der Waals surface area contributed by atoms with E-state index in [0.717, 1.165) is 24.8 Å². The van der Waals surface area contributed by atoms with Crippen LogP contribution in [0.2, 0.25) is 0 Å². The first kappa shape index (κ1) is 11.7. The molecule has 18 heavy (non-hydrogen) atoms. The number of aromatic nitrogens is 1. The van der Waals surface area contributed by atoms with E-state index in [-0.39, 0.29) is 6.10 Å². The zero-order chi connectivity index (χ0) is 12.4. The van der Waals surface area contributed by atoms with Gasteiger partial charge in [0.1, 0.15) is 0 Å². The number of pyridine rings is 1. The van der Waals surface area contributed by atoms with E-state index in [4.69, 9.17) is 0 Å². The zero-order valence-electron chi connectivity index (χ0n) is 10.5. The maximum absolute atomic E-state index is 10.1. The first-order valence-electron chi connectivity index (χ1n) is 6.85. The molecule has 1 aromatic carbocycles. The number of aliphatic hydroxyl groups excluding tert-OH is 1. The predicted octanol–water partition coefficient (Wildman–Crippen LogP) is 3.33. The Balaban J connectivity index is 1.90. The van der Waals surface area contributed by atoms with Crippen molar-refractivity contribution in [1.29, 1.82) is 0 Å². The van der Waals surface area contributed by atoms with Crippen LogP contribution in [0.1, 0.15) is 31.2 Å². The van der Waals surface area contributed by atoms with Crippen LogP contribution >= 0.6 is 0 Å². The van der Waals surface area contributed by atoms with E-state index in [2.05, 4.69) is 29.2 Å². The molecule has 0 bridgehead atoms. The van der Waals surface area contributed by atoms with E-state index in [1.807, 2.05) is 12.3 Å². The first-order chi connectivity index (χ1) is 8.84. The maximum Gasteiger partial charge on any atom is 0.0704 e. The van der Waals surface area contributed by atoms with Gasteiger partial charge in [-0.2, -0.15) is 0 Å². The van der Waals surface area contributed by atoms with Gasteiger partial charge in [0, 0.05) is 11.6 Å². The fourth-order valence-corrected chi connectivity index (χ4v) is 3.04. The fraction of sp³-hybridized carbons (Fsp3) is 0.438. The van der Waals surface area contributed by atoms with E-state index < -0.39 is 0 Å². The van der Waals surface area contributed by atoms with Gasteiger partial charge in [-0.05, 0) is 42.9 Å². The van der Waals surface area contributed by atoms with E-state index in [9.17, 15) is 5.11 Å². The zero-order valence-corrected chi connectivity index (χ0v) is 10.5. The number of benzene rings is 1. The minimum Gasteiger partial charge on any atom is -0.393 e. The molecule has 2 unspecified atom stereocenters. The molecule has 0 saturated heterocycles. The molecule has 2 heteroatoms. The van der Waals surface area contributed by atoms with Gasteiger partial charge in [0.05, 0.1) is 11.6 Å². The molecule has 3 rings (SSSR count). The Morgan fingerprint density at radius 2 is 1.94 bits per heavy atom. The van der Waals surface area contributed by atoms with Gasteiger partial charge in [0.2, 0.25) is 0 Å². The molecule has 2 nitrogen and oxygen atoms in total. The van der Waals surface area contributed by atoms with Gasteiger partial charge in [-0.25, -0.2) is 0 Å². The van der Waals surface area contributed by atoms with Gasteiger partial charge < -0.3 is 5.11 Å². The minimum atomic E-state index is -0.120. The number of rotatable bonds is 2. The quantitative estimate of drug-likeness (QED) is 0.874. The largest absolute Gasteiger partial charge is 0.393 e. The topological polar surface area (TPSA) is 33.1 Å². The van der Waals surface area contributed by atoms with Gasteiger partial charge in [-0.1, -0.05) is 31.0 Å². The highest BCUT2D eigenvalue weighted by molar-refractivity contribution is 5.81. The summed E-state index contributed by atoms with van der Waals surface area (Å²) in [6.45, 7) is 0. The Hall–Kier alpha value is -1.41. The van der Waals surface area contributed by atoms with Crippen molar-refractivity contribution >= 4 is 10.9 Å². The van der Waals surface area contributed by atoms with Gasteiger partial charge in [-0.3, -0.25) is 4.98 Å². The monoisotopic (exact) mass is 241 g/mol. The van der Waals surface area contributed by atoms with Crippen molar-refractivity contribution in [3.63, 3.8) is 0 Å². The second-order valence-electron chi connectivity index (χ2n) is 5.30. The van der Waals surface area contributed by atoms with Crippen LogP contribution in [0.5, 0.6) is 0 Å². The summed E-state index contributed by atoms with van der Waals surface area (Å²) in [6, 6.07) is 10.4. The third-order valence-electron chi connectivity index (χ3n) is 4.09. The van der Waals surface area contributed by atoms with Crippen LogP contribution in [0.25, 0.3) is 10.9 Å². The van der Waals surface area contributed by atoms with E-state index in [0.29, 0.717) is 5.92 Å². The van der Waals surface area contributed by atoms with Crippen molar-refractivity contribution < 1.29 is 5.11 Å². The van der Waals surface area contributed by atoms with Crippen molar-refractivity contribution in [3.8, 4) is 0 Å². The first-order valence-corrected chi connectivity index (χ1v) is 6.85. The minimum absolute atomic E-state index is 0.120. The van der Waals surface area contributed by atoms with Crippen molar-refractivity contribution in [1.82, 2.24) is 4.98 Å². The average Bonchev–Trinajstić information content (AvgIpc) is 2.42. The molecule has 2 atom stereocenters. The molecule has 1 aromatic heterocycles. The Bertz CT molecular complexity index is 532. The molecule has 0 spiro atoms. The summed E-state index contributed by atoms with van der Waals surface area (Å²) < 4.78 is 0. The lowest BCUT2D eigenvalue weighted by Gasteiger charge is -2.27. The Morgan fingerprint density at radius 3 is 2.83 bits per heavy atom. The number of aliphatic hydroxyl groups is 1. The van der Waals surface area contributed by atoms with Gasteiger partial charge in [-0.15, -0.1) is 0 Å². The lowest BCUT2D eigenvalue weighted by Crippen LogP contribution is -2.26. The van der Waals surface area contributed by atoms with E-state index in [1.54, 1.807) is 0 Å². The van der Waals surface area contributed by atoms with Crippen molar-refractivity contribution in [2.24, 2.45) is 5.92 Å². The van der Waals surface area contributed by atoms with Crippen LogP contribution in [0.15, 0.2) is 36.5 Å². The summed E-state index contributed by atoms with van der Waals surface area (Å²) >= 11 is 0. The molecule has 1 aliphatic rings. The smallest absolute Gasteiger partial charge is 0.0704 e. The fourth-order valence-electron chi connectivity index (χ4n) is 3.04. The number of para-hydroxylation sites is 1. The highest BCUT2D eigenvalue weighted by Gasteiger charge is 2.23. The molecule has 0 aliphatic heterocycles. The van der Waals surface area contributed by atoms with Gasteiger partial charge in [0.15, 0.2) is 0 Å². The molecule has 94 valence electrons. The SMILES string of the molecule is OC1CCCCC1Cc1ccnc2ccccc12. The lowest BCUT2D eigenvalue weighted by atomic mass is 9.82. The standard InChI is InChI=1S/C16H19NO/c18-16-8-4-1-5-13(16)11-12-9-10-17-15-7-3-2-6-14(12)15/h2-3,6-7,9-10,13,16,18H,1,4-5,8,11H2. The summed E-state index contributed by atoms with van der Waals surface area (Å²) in [4.78, 5) is 4.39. The third-order valence-corrected chi connectivity index (χ3v) is 4.09. The molecule has 1 aliphatic carbocycles. The normalized spacial score (nSPS) is 24.3. The van der Waals surface area contributed by atoms with E-state index >= 15 is 0 Å². The summed E-state index contributed by atoms with van der Waals surface area (Å²) in [5.74, 6) is 0.421. The Morgan fingerprint density at radius 1 is 1.11 bits per heavy atom. The van der Waals surface area contributed by atoms with Crippen molar-refractivity contribution in [2.45, 2.75) is 38.2 Å². The number of hydrogen-bond acceptors (Lipinski definition) is 2. The molecule has 0 amide bonds. The summed E-state index contributed by atoms with van der Waals surface area (Å²) in [5, 5.41) is 11.3. The average molecular weight is 241 g/mol. The van der Waals surface area contributed by atoms with Gasteiger partial charge >= 0.3 is 0 Å². The number of nitrogens with zero attached hydrogens (tertiary/aromatic N) is 1. The molecule has 1 fully saturated rings. The number of fused-ring (bicyclic) bond motifs is 1. The second-order valence-corrected chi connectivity index (χ2v) is 5.30. The molecule has 1 saturated carbocycles. The predicted molar refractivity (Wildman–Crippen MR) is 73.4 cm³/mol. The summed E-state index contributed by atoms with van der Waals surface area (Å²) in [5.41, 5.74) is 2.38. The molecule has 0 radical (unpaired) electrons. The molecular formula is C16H19NO. The lowest BCUT2D eigenvalue weighted by molar-refractivity contribution is 0.0702. The Kier molecular flexibility index (Phi) is 3.28. The van der Waals surface area contributed by atoms with Crippen LogP contribution in [-0.2, 0) is 6.42 Å². The molecule has 2 aromatic rings. The van der Waals surface area contributed by atoms with Crippen LogP contribution in [0, 0.1) is 5.92 Å². The number of hydrogen-bond donors (Lipinski definition) is 1. The summed E-state index contributed by atoms with van der Waals surface area (Å²) in [7, 11) is 0. The van der Waals surface area contributed by atoms with Crippen LogP contribution in [0.4, 0.5) is 0 Å². The highest BCUT2D eigenvalue weighted by Crippen LogP contribution is 2.29. The third kappa shape index (κ3) is 2.25. The summed E-state index contributed by atoms with van der Waals surface area (Å²) in [6.07, 6.45) is 7.29. The molecular weight excluding hydrogens is 222 g/mol. The van der Waals surface area contributed by atoms with Crippen LogP contribution < -0.4 is 0 Å². The van der Waals surface area contributed by atoms with Crippen molar-refractivity contribution in [3.05, 3.63) is 42.1 Å². The molecule has 1 N–H and O–H groups in total. The van der Waals surface area contributed by atoms with E-state index in [1.165, 1.54) is 23.8 Å². The van der Waals surface area contributed by atoms with Crippen LogP contribution in [0.3, 0.4) is 0 Å². The van der Waals surface area contributed by atoms with Crippen molar-refractivity contribution in [2.75, 3.05) is 0 Å². The maximum atomic E-state index is 10.1. The highest BCUT2D eigenvalue weighted by atomic mass is 16.3. The Labute approximate surface area is 108 Å². The second kappa shape index (κ2) is 5.07. The molecule has 1 heterocycles. The van der Waals surface area contributed by atoms with Crippen LogP contribution in [-0.4, -0.2) is 16.2 Å².